The molecule has 3 aromatic rings. The first-order valence-corrected chi connectivity index (χ1v) is 9.79. The standard InChI is InChI=1S/C23H24O7/c1-3-27-22(25)17(14-29-28-4-2)19(15-10-6-5-7-11-15)20-21(24)16-12-8-9-13-18(16)30-23(20)26/h5-13,17,19,24H,3-4,14H2,1-2H3. The van der Waals surface area contributed by atoms with Crippen molar-refractivity contribution in [1.82, 2.24) is 0 Å². The fraction of sp³-hybridized carbons (Fsp3) is 0.304. The number of esters is 1. The van der Waals surface area contributed by atoms with E-state index in [-0.39, 0.29) is 36.7 Å². The van der Waals surface area contributed by atoms with Gasteiger partial charge in [-0.1, -0.05) is 42.5 Å². The van der Waals surface area contributed by atoms with Crippen LogP contribution in [0.25, 0.3) is 11.0 Å². The summed E-state index contributed by atoms with van der Waals surface area (Å²) in [5, 5.41) is 11.4. The van der Waals surface area contributed by atoms with Crippen LogP contribution in [0.2, 0.25) is 0 Å². The SMILES string of the molecule is CCOOCC(C(=O)OCC)C(c1ccccc1)c1c(O)c2ccccc2oc1=O. The van der Waals surface area contributed by atoms with Gasteiger partial charge in [0.15, 0.2) is 0 Å². The fourth-order valence-corrected chi connectivity index (χ4v) is 3.44. The first-order chi connectivity index (χ1) is 14.6. The maximum absolute atomic E-state index is 12.9. The first kappa shape index (κ1) is 21.5. The normalized spacial score (nSPS) is 13.1. The topological polar surface area (TPSA) is 95.2 Å². The van der Waals surface area contributed by atoms with E-state index in [2.05, 4.69) is 0 Å². The van der Waals surface area contributed by atoms with Crippen molar-refractivity contribution >= 4 is 16.9 Å². The Morgan fingerprint density at radius 2 is 1.70 bits per heavy atom. The van der Waals surface area contributed by atoms with Crippen LogP contribution in [0, 0.1) is 5.92 Å². The molecule has 30 heavy (non-hydrogen) atoms. The monoisotopic (exact) mass is 412 g/mol. The van der Waals surface area contributed by atoms with Gasteiger partial charge < -0.3 is 14.3 Å². The van der Waals surface area contributed by atoms with Crippen molar-refractivity contribution in [3.63, 3.8) is 0 Å². The molecule has 0 radical (unpaired) electrons. The number of para-hydroxylation sites is 1. The van der Waals surface area contributed by atoms with Crippen LogP contribution in [0.5, 0.6) is 5.75 Å². The molecule has 0 aliphatic rings. The number of hydrogen-bond acceptors (Lipinski definition) is 7. The quantitative estimate of drug-likeness (QED) is 0.188. The highest BCUT2D eigenvalue weighted by Crippen LogP contribution is 2.39. The van der Waals surface area contributed by atoms with Gasteiger partial charge in [-0.25, -0.2) is 14.6 Å². The summed E-state index contributed by atoms with van der Waals surface area (Å²) < 4.78 is 10.7. The van der Waals surface area contributed by atoms with Crippen LogP contribution in [0.15, 0.2) is 63.8 Å². The molecule has 2 atom stereocenters. The van der Waals surface area contributed by atoms with Crippen molar-refractivity contribution < 1.29 is 28.8 Å². The van der Waals surface area contributed by atoms with E-state index < -0.39 is 23.4 Å². The minimum atomic E-state index is -0.950. The zero-order valence-electron chi connectivity index (χ0n) is 16.9. The van der Waals surface area contributed by atoms with Crippen molar-refractivity contribution in [2.24, 2.45) is 5.92 Å². The van der Waals surface area contributed by atoms with E-state index in [9.17, 15) is 14.7 Å². The van der Waals surface area contributed by atoms with Crippen LogP contribution >= 0.6 is 0 Å². The Balaban J connectivity index is 2.21. The van der Waals surface area contributed by atoms with Gasteiger partial charge in [-0.3, -0.25) is 4.79 Å². The molecule has 1 heterocycles. The highest BCUT2D eigenvalue weighted by molar-refractivity contribution is 5.85. The number of ether oxygens (including phenoxy) is 1. The molecule has 0 saturated carbocycles. The molecule has 0 bridgehead atoms. The van der Waals surface area contributed by atoms with E-state index in [1.807, 2.05) is 6.07 Å². The molecular weight excluding hydrogens is 388 g/mol. The molecule has 7 nitrogen and oxygen atoms in total. The van der Waals surface area contributed by atoms with E-state index in [4.69, 9.17) is 18.9 Å². The lowest BCUT2D eigenvalue weighted by Crippen LogP contribution is -2.32. The van der Waals surface area contributed by atoms with Crippen LogP contribution in [-0.2, 0) is 19.3 Å². The van der Waals surface area contributed by atoms with E-state index >= 15 is 0 Å². The van der Waals surface area contributed by atoms with Gasteiger partial charge in [-0.15, -0.1) is 0 Å². The van der Waals surface area contributed by atoms with Gasteiger partial charge in [-0.05, 0) is 31.5 Å². The van der Waals surface area contributed by atoms with Gasteiger partial charge in [0.25, 0.3) is 0 Å². The van der Waals surface area contributed by atoms with Crippen molar-refractivity contribution in [1.29, 1.82) is 0 Å². The largest absolute Gasteiger partial charge is 0.507 e. The molecule has 3 rings (SSSR count). The van der Waals surface area contributed by atoms with Crippen molar-refractivity contribution in [3.05, 3.63) is 76.1 Å². The lowest BCUT2D eigenvalue weighted by atomic mass is 9.81. The zero-order valence-corrected chi connectivity index (χ0v) is 16.9. The summed E-state index contributed by atoms with van der Waals surface area (Å²) in [6, 6.07) is 15.6. The Morgan fingerprint density at radius 1 is 1.00 bits per heavy atom. The van der Waals surface area contributed by atoms with E-state index in [0.29, 0.717) is 10.9 Å². The molecule has 0 spiro atoms. The first-order valence-electron chi connectivity index (χ1n) is 9.79. The van der Waals surface area contributed by atoms with Gasteiger partial charge in [-0.2, -0.15) is 0 Å². The van der Waals surface area contributed by atoms with Gasteiger partial charge in [0.2, 0.25) is 0 Å². The number of carbonyl (C=O) groups excluding carboxylic acids is 1. The van der Waals surface area contributed by atoms with E-state index in [1.165, 1.54) is 0 Å². The Labute approximate surface area is 173 Å². The smallest absolute Gasteiger partial charge is 0.343 e. The summed E-state index contributed by atoms with van der Waals surface area (Å²) in [5.74, 6) is -2.63. The Kier molecular flexibility index (Phi) is 7.21. The van der Waals surface area contributed by atoms with Crippen LogP contribution < -0.4 is 5.63 Å². The number of fused-ring (bicyclic) bond motifs is 1. The minimum Gasteiger partial charge on any atom is -0.507 e. The lowest BCUT2D eigenvalue weighted by molar-refractivity contribution is -0.298. The molecule has 0 saturated heterocycles. The second kappa shape index (κ2) is 10.0. The van der Waals surface area contributed by atoms with Crippen molar-refractivity contribution in [3.8, 4) is 5.75 Å². The number of rotatable bonds is 9. The Hall–Kier alpha value is -3.16. The van der Waals surface area contributed by atoms with Crippen molar-refractivity contribution in [2.45, 2.75) is 19.8 Å². The molecule has 7 heteroatoms. The summed E-state index contributed by atoms with van der Waals surface area (Å²) in [4.78, 5) is 35.9. The highest BCUT2D eigenvalue weighted by atomic mass is 17.2. The summed E-state index contributed by atoms with van der Waals surface area (Å²) in [6.07, 6.45) is 0. The molecule has 0 fully saturated rings. The van der Waals surface area contributed by atoms with Gasteiger partial charge in [0.1, 0.15) is 11.3 Å². The maximum Gasteiger partial charge on any atom is 0.343 e. The van der Waals surface area contributed by atoms with Gasteiger partial charge in [0.05, 0.1) is 36.7 Å². The average Bonchev–Trinajstić information content (AvgIpc) is 2.75. The lowest BCUT2D eigenvalue weighted by Gasteiger charge is -2.26. The van der Waals surface area contributed by atoms with Crippen LogP contribution in [0.4, 0.5) is 0 Å². The van der Waals surface area contributed by atoms with Crippen molar-refractivity contribution in [2.75, 3.05) is 19.8 Å². The second-order valence-corrected chi connectivity index (χ2v) is 6.59. The molecular formula is C23H24O7. The molecule has 2 unspecified atom stereocenters. The Bertz CT molecular complexity index is 1040. The highest BCUT2D eigenvalue weighted by Gasteiger charge is 2.37. The molecule has 0 aliphatic heterocycles. The van der Waals surface area contributed by atoms with E-state index in [1.54, 1.807) is 62.4 Å². The molecule has 0 aliphatic carbocycles. The van der Waals surface area contributed by atoms with Crippen LogP contribution in [0.1, 0.15) is 30.9 Å². The molecule has 1 aromatic heterocycles. The fourth-order valence-electron chi connectivity index (χ4n) is 3.44. The van der Waals surface area contributed by atoms with E-state index in [0.717, 1.165) is 0 Å². The summed E-state index contributed by atoms with van der Waals surface area (Å²) in [6.45, 7) is 3.71. The Morgan fingerprint density at radius 3 is 2.40 bits per heavy atom. The summed E-state index contributed by atoms with van der Waals surface area (Å²) in [7, 11) is 0. The number of carbonyl (C=O) groups is 1. The van der Waals surface area contributed by atoms with Crippen LogP contribution in [0.3, 0.4) is 0 Å². The predicted octanol–water partition coefficient (Wildman–Crippen LogP) is 3.78. The average molecular weight is 412 g/mol. The summed E-state index contributed by atoms with van der Waals surface area (Å²) >= 11 is 0. The van der Waals surface area contributed by atoms with Gasteiger partial charge >= 0.3 is 11.6 Å². The number of benzene rings is 2. The molecule has 0 amide bonds. The predicted molar refractivity (Wildman–Crippen MR) is 110 cm³/mol. The third kappa shape index (κ3) is 4.53. The third-order valence-electron chi connectivity index (χ3n) is 4.73. The third-order valence-corrected chi connectivity index (χ3v) is 4.73. The minimum absolute atomic E-state index is 0.0296. The second-order valence-electron chi connectivity index (χ2n) is 6.59. The summed E-state index contributed by atoms with van der Waals surface area (Å²) in [5.41, 5.74) is 0.131. The molecule has 158 valence electrons. The zero-order chi connectivity index (χ0) is 21.5. The van der Waals surface area contributed by atoms with Gasteiger partial charge in [0, 0.05) is 5.92 Å². The molecule has 1 N–H and O–H groups in total. The van der Waals surface area contributed by atoms with Crippen LogP contribution in [-0.4, -0.2) is 30.9 Å². The number of hydrogen-bond donors (Lipinski definition) is 1. The molecule has 2 aromatic carbocycles. The maximum atomic E-state index is 12.9. The number of aromatic hydroxyl groups is 1.